The molecule has 0 saturated heterocycles. The van der Waals surface area contributed by atoms with E-state index in [-0.39, 0.29) is 19.4 Å². The van der Waals surface area contributed by atoms with E-state index < -0.39 is 103 Å². The van der Waals surface area contributed by atoms with Gasteiger partial charge in [-0.2, -0.15) is 0 Å². The summed E-state index contributed by atoms with van der Waals surface area (Å²) in [5, 5.41) is 49.2. The molecule has 0 radical (unpaired) electrons. The number of aliphatic hydroxyl groups excluding tert-OH is 4. The largest absolute Gasteiger partial charge is 0.445 e. The number of aliphatic hydroxyl groups is 4. The lowest BCUT2D eigenvalue weighted by Gasteiger charge is -2.30. The van der Waals surface area contributed by atoms with Crippen LogP contribution in [0.4, 0.5) is 4.79 Å². The maximum atomic E-state index is 13.0. The molecule has 0 saturated carbocycles. The molecule has 0 spiro atoms. The summed E-state index contributed by atoms with van der Waals surface area (Å²) >= 11 is 0. The zero-order valence-corrected chi connectivity index (χ0v) is 31.5. The summed E-state index contributed by atoms with van der Waals surface area (Å²) in [4.78, 5) is 75.7. The lowest BCUT2D eigenvalue weighted by molar-refractivity contribution is -0.173. The second-order valence-corrected chi connectivity index (χ2v) is 13.9. The summed E-state index contributed by atoms with van der Waals surface area (Å²) in [6, 6.07) is 12.1. The van der Waals surface area contributed by atoms with Crippen molar-refractivity contribution in [2.45, 2.75) is 109 Å². The first kappa shape index (κ1) is 46.2. The van der Waals surface area contributed by atoms with Gasteiger partial charge in [0, 0.05) is 6.42 Å². The highest BCUT2D eigenvalue weighted by Gasteiger charge is 2.37. The van der Waals surface area contributed by atoms with Crippen LogP contribution in [0.3, 0.4) is 0 Å². The van der Waals surface area contributed by atoms with Crippen LogP contribution in [0.5, 0.6) is 0 Å². The maximum Gasteiger partial charge on any atom is 0.408 e. The van der Waals surface area contributed by atoms with Gasteiger partial charge in [-0.3, -0.25) is 24.0 Å². The van der Waals surface area contributed by atoms with Gasteiger partial charge in [0.25, 0.3) is 5.91 Å². The number of hydrogen-bond donors (Lipinski definition) is 8. The number of esters is 2. The van der Waals surface area contributed by atoms with Gasteiger partial charge in [0.1, 0.15) is 18.8 Å². The Labute approximate surface area is 319 Å². The smallest absolute Gasteiger partial charge is 0.408 e. The molecule has 2 aromatic carbocycles. The molecule has 0 unspecified atom stereocenters. The van der Waals surface area contributed by atoms with Gasteiger partial charge >= 0.3 is 18.0 Å². The molecule has 304 valence electrons. The fourth-order valence-electron chi connectivity index (χ4n) is 5.01. The van der Waals surface area contributed by atoms with Crippen LogP contribution in [0.1, 0.15) is 77.0 Å². The zero-order chi connectivity index (χ0) is 41.1. The molecule has 17 heteroatoms. The number of hydrogen-bond acceptors (Lipinski definition) is 14. The topological polar surface area (TPSA) is 273 Å². The molecule has 0 heterocycles. The van der Waals surface area contributed by atoms with E-state index in [1.165, 1.54) is 0 Å². The van der Waals surface area contributed by atoms with Crippen molar-refractivity contribution in [2.75, 3.05) is 13.4 Å². The van der Waals surface area contributed by atoms with Crippen molar-refractivity contribution < 1.29 is 63.4 Å². The SMILES string of the molecule is CCC[C@H](NC(=O)OCc1ccccc1)C(=O)CC[C@H](N)C(=O)N[C@@H](CO)[C@@H](O)[C@@H](O)[C@H](O)C(=O)N[C@@H](CC(=O)OCOC(=O)C(C)(C)C)c1ccccc1. The average molecular weight is 775 g/mol. The predicted octanol–water partition coefficient (Wildman–Crippen LogP) is 0.656. The number of nitrogens with two attached hydrogens (primary N) is 1. The number of amides is 3. The van der Waals surface area contributed by atoms with Gasteiger partial charge in [0.2, 0.25) is 12.7 Å². The zero-order valence-electron chi connectivity index (χ0n) is 31.5. The van der Waals surface area contributed by atoms with Crippen LogP contribution in [-0.4, -0.2) is 106 Å². The third kappa shape index (κ3) is 16.1. The third-order valence-corrected chi connectivity index (χ3v) is 8.30. The van der Waals surface area contributed by atoms with Crippen LogP contribution in [0, 0.1) is 5.41 Å². The first-order valence-electron chi connectivity index (χ1n) is 17.9. The molecule has 0 aliphatic carbocycles. The first-order valence-corrected chi connectivity index (χ1v) is 17.9. The number of alkyl carbamates (subject to hydrolysis) is 1. The molecule has 2 rings (SSSR count). The quantitative estimate of drug-likeness (QED) is 0.0603. The molecular weight excluding hydrogens is 720 g/mol. The number of Topliss-reactive ketones (excluding diaryl/α,β-unsaturated/α-hetero) is 1. The van der Waals surface area contributed by atoms with Crippen LogP contribution in [0.25, 0.3) is 0 Å². The molecule has 2 aromatic rings. The fourth-order valence-corrected chi connectivity index (χ4v) is 5.01. The molecule has 0 aliphatic heterocycles. The van der Waals surface area contributed by atoms with E-state index in [9.17, 15) is 49.2 Å². The van der Waals surface area contributed by atoms with E-state index >= 15 is 0 Å². The Morgan fingerprint density at radius 3 is 1.98 bits per heavy atom. The average Bonchev–Trinajstić information content (AvgIpc) is 3.16. The Bertz CT molecular complexity index is 1540. The van der Waals surface area contributed by atoms with Gasteiger partial charge in [-0.25, -0.2) is 4.79 Å². The van der Waals surface area contributed by atoms with Crippen LogP contribution in [0.2, 0.25) is 0 Å². The van der Waals surface area contributed by atoms with Gasteiger partial charge in [-0.05, 0) is 44.7 Å². The highest BCUT2D eigenvalue weighted by Crippen LogP contribution is 2.19. The summed E-state index contributed by atoms with van der Waals surface area (Å²) in [5.41, 5.74) is 6.31. The number of carbonyl (C=O) groups is 6. The number of carbonyl (C=O) groups excluding carboxylic acids is 6. The monoisotopic (exact) mass is 774 g/mol. The highest BCUT2D eigenvalue weighted by atomic mass is 16.7. The van der Waals surface area contributed by atoms with E-state index in [2.05, 4.69) is 16.0 Å². The molecule has 9 N–H and O–H groups in total. The molecule has 3 amide bonds. The third-order valence-electron chi connectivity index (χ3n) is 8.30. The second-order valence-electron chi connectivity index (χ2n) is 13.9. The van der Waals surface area contributed by atoms with Crippen molar-refractivity contribution in [3.63, 3.8) is 0 Å². The first-order chi connectivity index (χ1) is 26.0. The van der Waals surface area contributed by atoms with E-state index in [0.29, 0.717) is 18.4 Å². The molecule has 0 aliphatic rings. The number of ketones is 1. The Hall–Kier alpha value is -4.94. The second kappa shape index (κ2) is 23.1. The van der Waals surface area contributed by atoms with E-state index in [1.807, 2.05) is 13.0 Å². The van der Waals surface area contributed by atoms with Crippen molar-refractivity contribution in [1.82, 2.24) is 16.0 Å². The highest BCUT2D eigenvalue weighted by molar-refractivity contribution is 5.88. The van der Waals surface area contributed by atoms with Gasteiger partial charge in [-0.1, -0.05) is 74.0 Å². The standard InChI is InChI=1S/C38H54N4O13/c1-5-12-26(42-37(52)53-21-23-13-8-6-9-14-23)29(44)18-17-25(39)34(49)41-28(20-43)31(46)32(47)33(48)35(50)40-27(24-15-10-7-11-16-24)19-30(45)54-22-55-36(51)38(2,3)4/h6-11,13-16,25-28,31-33,43,46-48H,5,12,17-22,39H2,1-4H3,(H,40,50)(H,41,49)(H,42,52)/t25-,26-,27-,28-,31+,32+,33-/m0/s1. The Balaban J connectivity index is 1.95. The molecule has 17 nitrogen and oxygen atoms in total. The van der Waals surface area contributed by atoms with Crippen molar-refractivity contribution >= 4 is 35.6 Å². The van der Waals surface area contributed by atoms with Crippen molar-refractivity contribution in [3.8, 4) is 0 Å². The lowest BCUT2D eigenvalue weighted by Crippen LogP contribution is -2.58. The van der Waals surface area contributed by atoms with Gasteiger partial charge in [-0.15, -0.1) is 0 Å². The van der Waals surface area contributed by atoms with Gasteiger partial charge < -0.3 is 56.3 Å². The maximum absolute atomic E-state index is 13.0. The molecule has 0 aromatic heterocycles. The summed E-state index contributed by atoms with van der Waals surface area (Å²) in [6.07, 6.45) is -7.47. The van der Waals surface area contributed by atoms with Gasteiger partial charge in [0.15, 0.2) is 11.9 Å². The van der Waals surface area contributed by atoms with E-state index in [4.69, 9.17) is 19.9 Å². The molecule has 55 heavy (non-hydrogen) atoms. The molecule has 7 atom stereocenters. The molecule has 0 fully saturated rings. The summed E-state index contributed by atoms with van der Waals surface area (Å²) in [5.74, 6) is -4.02. The Morgan fingerprint density at radius 1 is 0.782 bits per heavy atom. The Kier molecular flexibility index (Phi) is 19.4. The van der Waals surface area contributed by atoms with Gasteiger partial charge in [0.05, 0.1) is 42.6 Å². The van der Waals surface area contributed by atoms with Crippen molar-refractivity contribution in [3.05, 3.63) is 71.8 Å². The van der Waals surface area contributed by atoms with Crippen LogP contribution >= 0.6 is 0 Å². The van der Waals surface area contributed by atoms with Crippen molar-refractivity contribution in [2.24, 2.45) is 11.1 Å². The minimum atomic E-state index is -2.32. The summed E-state index contributed by atoms with van der Waals surface area (Å²) in [7, 11) is 0. The van der Waals surface area contributed by atoms with E-state index in [1.54, 1.807) is 75.4 Å². The fraction of sp³-hybridized carbons (Fsp3) is 0.526. The lowest BCUT2D eigenvalue weighted by atomic mass is 9.98. The minimum Gasteiger partial charge on any atom is -0.445 e. The number of rotatable bonds is 22. The Morgan fingerprint density at radius 2 is 1.40 bits per heavy atom. The van der Waals surface area contributed by atoms with E-state index in [0.717, 1.165) is 5.56 Å². The number of benzene rings is 2. The molecule has 0 bridgehead atoms. The normalized spacial score (nSPS) is 15.1. The predicted molar refractivity (Wildman–Crippen MR) is 196 cm³/mol. The summed E-state index contributed by atoms with van der Waals surface area (Å²) < 4.78 is 15.1. The number of ether oxygens (including phenoxy) is 3. The van der Waals surface area contributed by atoms with Crippen LogP contribution in [-0.2, 0) is 44.8 Å². The number of nitrogens with one attached hydrogen (secondary N) is 3. The van der Waals surface area contributed by atoms with Crippen LogP contribution < -0.4 is 21.7 Å². The summed E-state index contributed by atoms with van der Waals surface area (Å²) in [6.45, 7) is 5.05. The molecular formula is C38H54N4O13. The minimum absolute atomic E-state index is 0.00284. The van der Waals surface area contributed by atoms with Crippen LogP contribution in [0.15, 0.2) is 60.7 Å². The van der Waals surface area contributed by atoms with Crippen molar-refractivity contribution in [1.29, 1.82) is 0 Å².